The lowest BCUT2D eigenvalue weighted by molar-refractivity contribution is -0.122. The second-order valence-electron chi connectivity index (χ2n) is 4.35. The smallest absolute Gasteiger partial charge is 0.222 e. The fourth-order valence-electron chi connectivity index (χ4n) is 1.84. The molecule has 17 heavy (non-hydrogen) atoms. The van der Waals surface area contributed by atoms with Crippen molar-refractivity contribution in [2.75, 3.05) is 46.6 Å². The highest BCUT2D eigenvalue weighted by atomic mass is 16.5. The number of hydrogen-bond acceptors (Lipinski definition) is 4. The van der Waals surface area contributed by atoms with E-state index in [1.54, 1.807) is 7.11 Å². The molecule has 0 aromatic carbocycles. The van der Waals surface area contributed by atoms with E-state index in [1.165, 1.54) is 0 Å². The van der Waals surface area contributed by atoms with Gasteiger partial charge in [-0.2, -0.15) is 0 Å². The maximum absolute atomic E-state index is 11.5. The first kappa shape index (κ1) is 14.4. The SMILES string of the molecule is COCCOCCC(=O)NCC1CCNCC1. The zero-order valence-corrected chi connectivity index (χ0v) is 10.7. The Morgan fingerprint density at radius 2 is 2.06 bits per heavy atom. The molecular formula is C12H24N2O3. The lowest BCUT2D eigenvalue weighted by atomic mass is 9.98. The number of methoxy groups -OCH3 is 1. The van der Waals surface area contributed by atoms with E-state index in [9.17, 15) is 4.79 Å². The Balaban J connectivity index is 1.93. The first-order valence-corrected chi connectivity index (χ1v) is 6.37. The average Bonchev–Trinajstić information content (AvgIpc) is 2.37. The number of amides is 1. The molecule has 1 saturated heterocycles. The minimum absolute atomic E-state index is 0.0842. The molecule has 0 aromatic heterocycles. The van der Waals surface area contributed by atoms with E-state index in [1.807, 2.05) is 0 Å². The minimum Gasteiger partial charge on any atom is -0.382 e. The Morgan fingerprint density at radius 1 is 1.29 bits per heavy atom. The number of hydrogen-bond donors (Lipinski definition) is 2. The number of carbonyl (C=O) groups is 1. The van der Waals surface area contributed by atoms with Crippen LogP contribution in [0.1, 0.15) is 19.3 Å². The summed E-state index contributed by atoms with van der Waals surface area (Å²) in [6.07, 6.45) is 2.75. The second kappa shape index (κ2) is 9.39. The van der Waals surface area contributed by atoms with Crippen molar-refractivity contribution in [1.29, 1.82) is 0 Å². The zero-order valence-electron chi connectivity index (χ0n) is 10.7. The maximum atomic E-state index is 11.5. The fourth-order valence-corrected chi connectivity index (χ4v) is 1.84. The van der Waals surface area contributed by atoms with Gasteiger partial charge in [0.25, 0.3) is 0 Å². The number of piperidine rings is 1. The molecular weight excluding hydrogens is 220 g/mol. The van der Waals surface area contributed by atoms with Gasteiger partial charge in [0.1, 0.15) is 0 Å². The summed E-state index contributed by atoms with van der Waals surface area (Å²) in [6.45, 7) is 4.55. The zero-order chi connectivity index (χ0) is 12.3. The van der Waals surface area contributed by atoms with Crippen LogP contribution in [-0.4, -0.2) is 52.5 Å². The van der Waals surface area contributed by atoms with Crippen molar-refractivity contribution < 1.29 is 14.3 Å². The van der Waals surface area contributed by atoms with Gasteiger partial charge in [-0.3, -0.25) is 4.79 Å². The van der Waals surface area contributed by atoms with Crippen molar-refractivity contribution in [3.63, 3.8) is 0 Å². The molecule has 0 aromatic rings. The average molecular weight is 244 g/mol. The molecule has 0 aliphatic carbocycles. The topological polar surface area (TPSA) is 59.6 Å². The Morgan fingerprint density at radius 3 is 2.76 bits per heavy atom. The third-order valence-electron chi connectivity index (χ3n) is 2.95. The van der Waals surface area contributed by atoms with Crippen molar-refractivity contribution in [2.45, 2.75) is 19.3 Å². The van der Waals surface area contributed by atoms with Gasteiger partial charge >= 0.3 is 0 Å². The second-order valence-corrected chi connectivity index (χ2v) is 4.35. The van der Waals surface area contributed by atoms with Crippen LogP contribution in [0.5, 0.6) is 0 Å². The van der Waals surface area contributed by atoms with Crippen LogP contribution in [0.2, 0.25) is 0 Å². The molecule has 1 heterocycles. The van der Waals surface area contributed by atoms with E-state index in [0.29, 0.717) is 32.2 Å². The largest absolute Gasteiger partial charge is 0.382 e. The number of rotatable bonds is 8. The minimum atomic E-state index is 0.0842. The van der Waals surface area contributed by atoms with Crippen LogP contribution in [0.25, 0.3) is 0 Å². The molecule has 1 rings (SSSR count). The predicted molar refractivity (Wildman–Crippen MR) is 65.9 cm³/mol. The lowest BCUT2D eigenvalue weighted by Crippen LogP contribution is -2.36. The van der Waals surface area contributed by atoms with Gasteiger partial charge in [-0.15, -0.1) is 0 Å². The molecule has 0 bridgehead atoms. The Hall–Kier alpha value is -0.650. The first-order valence-electron chi connectivity index (χ1n) is 6.37. The Kier molecular flexibility index (Phi) is 7.96. The van der Waals surface area contributed by atoms with Gasteiger partial charge in [-0.05, 0) is 31.8 Å². The summed E-state index contributed by atoms with van der Waals surface area (Å²) < 4.78 is 10.1. The molecule has 1 aliphatic rings. The third kappa shape index (κ3) is 7.31. The van der Waals surface area contributed by atoms with Crippen LogP contribution in [0.3, 0.4) is 0 Å². The van der Waals surface area contributed by atoms with Gasteiger partial charge in [0.15, 0.2) is 0 Å². The standard InChI is InChI=1S/C12H24N2O3/c1-16-8-9-17-7-4-12(15)14-10-11-2-5-13-6-3-11/h11,13H,2-10H2,1H3,(H,14,15). The summed E-state index contributed by atoms with van der Waals surface area (Å²) in [5.41, 5.74) is 0. The normalized spacial score (nSPS) is 17.0. The monoisotopic (exact) mass is 244 g/mol. The maximum Gasteiger partial charge on any atom is 0.222 e. The van der Waals surface area contributed by atoms with Gasteiger partial charge in [0.2, 0.25) is 5.91 Å². The molecule has 5 heteroatoms. The Labute approximate surface area is 103 Å². The summed E-state index contributed by atoms with van der Waals surface area (Å²) >= 11 is 0. The lowest BCUT2D eigenvalue weighted by Gasteiger charge is -2.22. The van der Waals surface area contributed by atoms with Crippen LogP contribution >= 0.6 is 0 Å². The van der Waals surface area contributed by atoms with E-state index >= 15 is 0 Å². The number of nitrogens with one attached hydrogen (secondary N) is 2. The van der Waals surface area contributed by atoms with Crippen molar-refractivity contribution in [2.24, 2.45) is 5.92 Å². The van der Waals surface area contributed by atoms with E-state index in [0.717, 1.165) is 32.5 Å². The van der Waals surface area contributed by atoms with Crippen molar-refractivity contribution in [3.05, 3.63) is 0 Å². The van der Waals surface area contributed by atoms with Gasteiger partial charge in [-0.1, -0.05) is 0 Å². The van der Waals surface area contributed by atoms with Gasteiger partial charge < -0.3 is 20.1 Å². The van der Waals surface area contributed by atoms with E-state index < -0.39 is 0 Å². The number of carbonyl (C=O) groups excluding carboxylic acids is 1. The summed E-state index contributed by atoms with van der Waals surface area (Å²) in [6, 6.07) is 0. The summed E-state index contributed by atoms with van der Waals surface area (Å²) in [4.78, 5) is 11.5. The van der Waals surface area contributed by atoms with Crippen LogP contribution in [0, 0.1) is 5.92 Å². The molecule has 0 saturated carbocycles. The first-order chi connectivity index (χ1) is 8.33. The molecule has 1 fully saturated rings. The number of ether oxygens (including phenoxy) is 2. The molecule has 5 nitrogen and oxygen atoms in total. The van der Waals surface area contributed by atoms with Crippen LogP contribution in [-0.2, 0) is 14.3 Å². The quantitative estimate of drug-likeness (QED) is 0.597. The van der Waals surface area contributed by atoms with Crippen LogP contribution < -0.4 is 10.6 Å². The van der Waals surface area contributed by atoms with Crippen molar-refractivity contribution in [3.8, 4) is 0 Å². The molecule has 0 atom stereocenters. The van der Waals surface area contributed by atoms with Crippen LogP contribution in [0.15, 0.2) is 0 Å². The van der Waals surface area contributed by atoms with Gasteiger partial charge in [-0.25, -0.2) is 0 Å². The Bertz CT molecular complexity index is 206. The highest BCUT2D eigenvalue weighted by Gasteiger charge is 2.13. The highest BCUT2D eigenvalue weighted by Crippen LogP contribution is 2.09. The van der Waals surface area contributed by atoms with Gasteiger partial charge in [0.05, 0.1) is 19.8 Å². The predicted octanol–water partition coefficient (Wildman–Crippen LogP) is 0.155. The summed E-state index contributed by atoms with van der Waals surface area (Å²) in [7, 11) is 1.63. The summed E-state index contributed by atoms with van der Waals surface area (Å²) in [5.74, 6) is 0.718. The van der Waals surface area contributed by atoms with E-state index in [4.69, 9.17) is 9.47 Å². The summed E-state index contributed by atoms with van der Waals surface area (Å²) in [5, 5.41) is 6.28. The highest BCUT2D eigenvalue weighted by molar-refractivity contribution is 5.75. The molecule has 1 amide bonds. The van der Waals surface area contributed by atoms with Crippen molar-refractivity contribution >= 4 is 5.91 Å². The third-order valence-corrected chi connectivity index (χ3v) is 2.95. The van der Waals surface area contributed by atoms with E-state index in [2.05, 4.69) is 10.6 Å². The van der Waals surface area contributed by atoms with Crippen LogP contribution in [0.4, 0.5) is 0 Å². The van der Waals surface area contributed by atoms with E-state index in [-0.39, 0.29) is 5.91 Å². The van der Waals surface area contributed by atoms with Crippen molar-refractivity contribution in [1.82, 2.24) is 10.6 Å². The molecule has 1 aliphatic heterocycles. The molecule has 0 radical (unpaired) electrons. The molecule has 2 N–H and O–H groups in total. The molecule has 100 valence electrons. The molecule has 0 spiro atoms. The van der Waals surface area contributed by atoms with Gasteiger partial charge in [0, 0.05) is 20.1 Å². The fraction of sp³-hybridized carbons (Fsp3) is 0.917. The molecule has 0 unspecified atom stereocenters.